The number of rotatable bonds is 1. The van der Waals surface area contributed by atoms with Crippen LogP contribution in [0.3, 0.4) is 0 Å². The largest absolute Gasteiger partial charge is 0.465 e. The van der Waals surface area contributed by atoms with Crippen molar-refractivity contribution in [3.05, 3.63) is 0 Å². The van der Waals surface area contributed by atoms with Gasteiger partial charge in [0.05, 0.1) is 0 Å². The Kier molecular flexibility index (Phi) is 12.3. The standard InChI is InChI=1S/C3H7NO2.C2H6.H2/c1-2-4-3(5)6;1-2;/h4H,2H2,1H3,(H,5,6);1-2H3;1H. The van der Waals surface area contributed by atoms with E-state index in [1.807, 2.05) is 13.8 Å². The topological polar surface area (TPSA) is 49.3 Å². The maximum absolute atomic E-state index is 9.49. The second-order valence-corrected chi connectivity index (χ2v) is 0.835. The minimum atomic E-state index is -0.961. The summed E-state index contributed by atoms with van der Waals surface area (Å²) in [5.41, 5.74) is 0. The summed E-state index contributed by atoms with van der Waals surface area (Å²) >= 11 is 0. The second-order valence-electron chi connectivity index (χ2n) is 0.835. The van der Waals surface area contributed by atoms with Crippen molar-refractivity contribution in [1.29, 1.82) is 0 Å². The lowest BCUT2D eigenvalue weighted by Gasteiger charge is -1.87. The summed E-state index contributed by atoms with van der Waals surface area (Å²) in [6.07, 6.45) is -0.961. The van der Waals surface area contributed by atoms with Gasteiger partial charge in [-0.2, -0.15) is 0 Å². The Hall–Kier alpha value is -0.730. The lowest BCUT2D eigenvalue weighted by molar-refractivity contribution is 0.195. The van der Waals surface area contributed by atoms with Crippen molar-refractivity contribution in [2.24, 2.45) is 0 Å². The molecule has 2 N–H and O–H groups in total. The van der Waals surface area contributed by atoms with E-state index in [0.717, 1.165) is 0 Å². The predicted molar refractivity (Wildman–Crippen MR) is 35.2 cm³/mol. The molecule has 1 amide bonds. The molecule has 3 nitrogen and oxygen atoms in total. The molecule has 0 radical (unpaired) electrons. The molecule has 0 aromatic rings. The van der Waals surface area contributed by atoms with E-state index in [2.05, 4.69) is 5.32 Å². The molecule has 0 aromatic carbocycles. The fourth-order valence-electron chi connectivity index (χ4n) is 0.151. The van der Waals surface area contributed by atoms with E-state index in [-0.39, 0.29) is 1.43 Å². The summed E-state index contributed by atoms with van der Waals surface area (Å²) in [7, 11) is 0. The van der Waals surface area contributed by atoms with Crippen LogP contribution in [0.25, 0.3) is 0 Å². The van der Waals surface area contributed by atoms with Crippen LogP contribution in [0.4, 0.5) is 4.79 Å². The highest BCUT2D eigenvalue weighted by Gasteiger charge is 1.82. The summed E-state index contributed by atoms with van der Waals surface area (Å²) in [5, 5.41) is 9.93. The summed E-state index contributed by atoms with van der Waals surface area (Å²) in [6, 6.07) is 0. The smallest absolute Gasteiger partial charge is 0.404 e. The Bertz CT molecular complexity index is 58.9. The van der Waals surface area contributed by atoms with Gasteiger partial charge in [0, 0.05) is 7.97 Å². The highest BCUT2D eigenvalue weighted by Crippen LogP contribution is 1.54. The fraction of sp³-hybridized carbons (Fsp3) is 0.800. The lowest BCUT2D eigenvalue weighted by atomic mass is 10.8. The molecule has 0 unspecified atom stereocenters. The molecule has 0 spiro atoms. The van der Waals surface area contributed by atoms with Gasteiger partial charge in [-0.15, -0.1) is 0 Å². The first-order chi connectivity index (χ1) is 3.77. The van der Waals surface area contributed by atoms with Crippen molar-refractivity contribution in [3.8, 4) is 0 Å². The summed E-state index contributed by atoms with van der Waals surface area (Å²) in [6.45, 7) is 6.21. The third kappa shape index (κ3) is 18.6. The monoisotopic (exact) mass is 121 g/mol. The Labute approximate surface area is 51.2 Å². The first kappa shape index (κ1) is 10.3. The van der Waals surface area contributed by atoms with E-state index in [9.17, 15) is 4.79 Å². The van der Waals surface area contributed by atoms with Gasteiger partial charge >= 0.3 is 6.09 Å². The number of carboxylic acid groups (broad SMARTS) is 1. The van der Waals surface area contributed by atoms with Gasteiger partial charge in [0.1, 0.15) is 0 Å². The zero-order valence-electron chi connectivity index (χ0n) is 5.56. The molecule has 0 bridgehead atoms. The zero-order valence-corrected chi connectivity index (χ0v) is 5.56. The fourth-order valence-corrected chi connectivity index (χ4v) is 0.151. The number of nitrogens with one attached hydrogen (secondary N) is 1. The van der Waals surface area contributed by atoms with E-state index >= 15 is 0 Å². The number of carbonyl (C=O) groups is 1. The molecule has 0 atom stereocenters. The van der Waals surface area contributed by atoms with E-state index in [1.54, 1.807) is 6.92 Å². The van der Waals surface area contributed by atoms with Gasteiger partial charge < -0.3 is 10.4 Å². The molecule has 0 aliphatic heterocycles. The highest BCUT2D eigenvalue weighted by atomic mass is 16.4. The minimum Gasteiger partial charge on any atom is -0.465 e. The van der Waals surface area contributed by atoms with Crippen LogP contribution >= 0.6 is 0 Å². The first-order valence-corrected chi connectivity index (χ1v) is 2.74. The second kappa shape index (κ2) is 9.55. The zero-order chi connectivity index (χ0) is 6.99. The normalized spacial score (nSPS) is 6.38. The molecule has 0 aliphatic carbocycles. The molecular weight excluding hydrogens is 106 g/mol. The van der Waals surface area contributed by atoms with Crippen LogP contribution < -0.4 is 5.32 Å². The van der Waals surface area contributed by atoms with Gasteiger partial charge in [-0.1, -0.05) is 13.8 Å². The van der Waals surface area contributed by atoms with E-state index in [4.69, 9.17) is 5.11 Å². The van der Waals surface area contributed by atoms with E-state index in [0.29, 0.717) is 6.54 Å². The Morgan fingerprint density at radius 1 is 1.75 bits per heavy atom. The molecule has 0 rings (SSSR count). The van der Waals surface area contributed by atoms with Crippen molar-refractivity contribution in [1.82, 2.24) is 5.32 Å². The van der Waals surface area contributed by atoms with Crippen LogP contribution in [0.15, 0.2) is 0 Å². The van der Waals surface area contributed by atoms with Gasteiger partial charge in [-0.05, 0) is 6.92 Å². The van der Waals surface area contributed by atoms with Crippen molar-refractivity contribution in [2.45, 2.75) is 20.8 Å². The lowest BCUT2D eigenvalue weighted by Crippen LogP contribution is -2.19. The number of hydrogen-bond donors (Lipinski definition) is 2. The third-order valence-electron chi connectivity index (χ3n) is 0.328. The van der Waals surface area contributed by atoms with Crippen molar-refractivity contribution < 1.29 is 11.3 Å². The van der Waals surface area contributed by atoms with Crippen LogP contribution in [0, 0.1) is 0 Å². The van der Waals surface area contributed by atoms with Crippen molar-refractivity contribution in [3.63, 3.8) is 0 Å². The van der Waals surface area contributed by atoms with Crippen LogP contribution in [0.1, 0.15) is 22.2 Å². The molecule has 52 valence electrons. The summed E-state index contributed by atoms with van der Waals surface area (Å²) < 4.78 is 0. The molecule has 0 saturated carbocycles. The summed E-state index contributed by atoms with van der Waals surface area (Å²) in [4.78, 5) is 9.49. The third-order valence-corrected chi connectivity index (χ3v) is 0.328. The van der Waals surface area contributed by atoms with Gasteiger partial charge in [0.2, 0.25) is 0 Å². The maximum atomic E-state index is 9.49. The van der Waals surface area contributed by atoms with Crippen LogP contribution in [-0.4, -0.2) is 17.7 Å². The minimum absolute atomic E-state index is 0. The average molecular weight is 121 g/mol. The quantitative estimate of drug-likeness (QED) is 0.553. The molecule has 8 heavy (non-hydrogen) atoms. The van der Waals surface area contributed by atoms with Crippen LogP contribution in [-0.2, 0) is 0 Å². The van der Waals surface area contributed by atoms with Gasteiger partial charge in [-0.3, -0.25) is 0 Å². The Morgan fingerprint density at radius 2 is 2.12 bits per heavy atom. The van der Waals surface area contributed by atoms with Crippen LogP contribution in [0.2, 0.25) is 0 Å². The Balaban J connectivity index is -0.000000109. The number of hydrogen-bond acceptors (Lipinski definition) is 1. The predicted octanol–water partition coefficient (Wildman–Crippen LogP) is 1.55. The maximum Gasteiger partial charge on any atom is 0.404 e. The van der Waals surface area contributed by atoms with Crippen LogP contribution in [0.5, 0.6) is 0 Å². The molecule has 0 aliphatic rings. The molecular formula is C5H15NO2. The molecule has 0 fully saturated rings. The van der Waals surface area contributed by atoms with Crippen molar-refractivity contribution in [2.75, 3.05) is 6.54 Å². The van der Waals surface area contributed by atoms with E-state index < -0.39 is 6.09 Å². The average Bonchev–Trinajstić information content (AvgIpc) is 1.72. The molecule has 0 heterocycles. The number of amides is 1. The summed E-state index contributed by atoms with van der Waals surface area (Å²) in [5.74, 6) is 0. The van der Waals surface area contributed by atoms with E-state index in [1.165, 1.54) is 0 Å². The Morgan fingerprint density at radius 3 is 2.12 bits per heavy atom. The molecule has 3 heteroatoms. The SMILES string of the molecule is CC.CCNC(=O)O.[HH]. The van der Waals surface area contributed by atoms with Gasteiger partial charge in [0.25, 0.3) is 0 Å². The first-order valence-electron chi connectivity index (χ1n) is 2.74. The van der Waals surface area contributed by atoms with Gasteiger partial charge in [0.15, 0.2) is 0 Å². The molecule has 0 saturated heterocycles. The molecule has 0 aromatic heterocycles. The highest BCUT2D eigenvalue weighted by molar-refractivity contribution is 5.64. The van der Waals surface area contributed by atoms with Gasteiger partial charge in [-0.25, -0.2) is 4.79 Å². The van der Waals surface area contributed by atoms with Crippen molar-refractivity contribution >= 4 is 6.09 Å².